The molecule has 1 heterocycles. The number of para-hydroxylation sites is 1. The number of rotatable bonds is 6. The van der Waals surface area contributed by atoms with E-state index in [2.05, 4.69) is 32.7 Å². The number of nitriles is 1. The van der Waals surface area contributed by atoms with E-state index in [1.54, 1.807) is 0 Å². The summed E-state index contributed by atoms with van der Waals surface area (Å²) in [5, 5.41) is 16.6. The highest BCUT2D eigenvalue weighted by molar-refractivity contribution is 5.83. The first kappa shape index (κ1) is 18.5. The standard InChI is InChI=1S/C21H22FN5/c1-2-24-21(27-14-17-11-15(12-23)7-8-19(17)22)25-10-9-16-13-26-20-6-4-3-5-18(16)20/h3-8,11,13,26H,2,9-10,14H2,1H3,(H2,24,25,27). The van der Waals surface area contributed by atoms with E-state index in [-0.39, 0.29) is 12.4 Å². The molecule has 27 heavy (non-hydrogen) atoms. The Kier molecular flexibility index (Phi) is 6.06. The minimum absolute atomic E-state index is 0.170. The van der Waals surface area contributed by atoms with E-state index >= 15 is 0 Å². The van der Waals surface area contributed by atoms with Crippen LogP contribution in [0.25, 0.3) is 10.9 Å². The molecule has 0 saturated heterocycles. The second-order valence-electron chi connectivity index (χ2n) is 6.15. The molecule has 0 aliphatic heterocycles. The molecular weight excluding hydrogens is 341 g/mol. The third-order valence-corrected chi connectivity index (χ3v) is 4.29. The van der Waals surface area contributed by atoms with Crippen molar-refractivity contribution in [2.75, 3.05) is 13.1 Å². The molecule has 0 bridgehead atoms. The summed E-state index contributed by atoms with van der Waals surface area (Å²) < 4.78 is 13.9. The van der Waals surface area contributed by atoms with Gasteiger partial charge in [0.25, 0.3) is 0 Å². The maximum Gasteiger partial charge on any atom is 0.191 e. The van der Waals surface area contributed by atoms with Crippen molar-refractivity contribution in [2.45, 2.75) is 19.9 Å². The van der Waals surface area contributed by atoms with Gasteiger partial charge in [-0.15, -0.1) is 0 Å². The van der Waals surface area contributed by atoms with Crippen LogP contribution in [-0.2, 0) is 13.0 Å². The molecule has 5 nitrogen and oxygen atoms in total. The van der Waals surface area contributed by atoms with Gasteiger partial charge in [0.2, 0.25) is 0 Å². The summed E-state index contributed by atoms with van der Waals surface area (Å²) in [6.45, 7) is 3.56. The molecule has 0 radical (unpaired) electrons. The lowest BCUT2D eigenvalue weighted by atomic mass is 10.1. The number of aromatic nitrogens is 1. The summed E-state index contributed by atoms with van der Waals surface area (Å²) in [6.07, 6.45) is 2.87. The summed E-state index contributed by atoms with van der Waals surface area (Å²) in [6, 6.07) is 14.5. The largest absolute Gasteiger partial charge is 0.361 e. The molecule has 0 fully saturated rings. The van der Waals surface area contributed by atoms with Crippen molar-refractivity contribution in [1.82, 2.24) is 15.6 Å². The number of nitrogens with one attached hydrogen (secondary N) is 3. The Morgan fingerprint density at radius 1 is 1.19 bits per heavy atom. The van der Waals surface area contributed by atoms with Crippen molar-refractivity contribution in [2.24, 2.45) is 4.99 Å². The molecule has 3 rings (SSSR count). The summed E-state index contributed by atoms with van der Waals surface area (Å²) >= 11 is 0. The monoisotopic (exact) mass is 363 g/mol. The molecule has 138 valence electrons. The topological polar surface area (TPSA) is 76.0 Å². The zero-order valence-corrected chi connectivity index (χ0v) is 15.2. The van der Waals surface area contributed by atoms with Crippen LogP contribution in [0.2, 0.25) is 0 Å². The highest BCUT2D eigenvalue weighted by atomic mass is 19.1. The summed E-state index contributed by atoms with van der Waals surface area (Å²) in [4.78, 5) is 7.71. The Bertz CT molecular complexity index is 984. The zero-order chi connectivity index (χ0) is 19.1. The van der Waals surface area contributed by atoms with Gasteiger partial charge in [-0.25, -0.2) is 9.38 Å². The van der Waals surface area contributed by atoms with Crippen LogP contribution in [0.3, 0.4) is 0 Å². The van der Waals surface area contributed by atoms with Crippen molar-refractivity contribution in [1.29, 1.82) is 5.26 Å². The van der Waals surface area contributed by atoms with Gasteiger partial charge in [-0.2, -0.15) is 5.26 Å². The fourth-order valence-corrected chi connectivity index (χ4v) is 2.93. The second-order valence-corrected chi connectivity index (χ2v) is 6.15. The predicted molar refractivity (Wildman–Crippen MR) is 106 cm³/mol. The van der Waals surface area contributed by atoms with E-state index < -0.39 is 0 Å². The summed E-state index contributed by atoms with van der Waals surface area (Å²) in [7, 11) is 0. The van der Waals surface area contributed by atoms with Crippen LogP contribution in [0.15, 0.2) is 53.7 Å². The van der Waals surface area contributed by atoms with E-state index in [0.29, 0.717) is 30.2 Å². The summed E-state index contributed by atoms with van der Waals surface area (Å²) in [5.74, 6) is 0.270. The molecular formula is C21H22FN5. The lowest BCUT2D eigenvalue weighted by Gasteiger charge is -2.11. The predicted octanol–water partition coefficient (Wildman–Crippen LogP) is 3.48. The first-order valence-electron chi connectivity index (χ1n) is 8.97. The quantitative estimate of drug-likeness (QED) is 0.464. The third-order valence-electron chi connectivity index (χ3n) is 4.29. The molecule has 3 aromatic rings. The van der Waals surface area contributed by atoms with Gasteiger partial charge in [-0.05, 0) is 43.2 Å². The molecule has 3 N–H and O–H groups in total. The van der Waals surface area contributed by atoms with Crippen LogP contribution < -0.4 is 10.6 Å². The van der Waals surface area contributed by atoms with Crippen LogP contribution in [0.1, 0.15) is 23.6 Å². The van der Waals surface area contributed by atoms with E-state index in [4.69, 9.17) is 5.26 Å². The molecule has 2 aromatic carbocycles. The maximum atomic E-state index is 13.9. The van der Waals surface area contributed by atoms with Gasteiger partial charge in [0, 0.05) is 35.8 Å². The van der Waals surface area contributed by atoms with Gasteiger partial charge in [0.1, 0.15) is 5.82 Å². The molecule has 0 aliphatic carbocycles. The minimum atomic E-state index is -0.354. The van der Waals surface area contributed by atoms with Crippen LogP contribution in [0.4, 0.5) is 4.39 Å². The summed E-state index contributed by atoms with van der Waals surface area (Å²) in [5.41, 5.74) is 3.20. The van der Waals surface area contributed by atoms with Crippen LogP contribution >= 0.6 is 0 Å². The molecule has 0 unspecified atom stereocenters. The van der Waals surface area contributed by atoms with Gasteiger partial charge in [-0.1, -0.05) is 18.2 Å². The van der Waals surface area contributed by atoms with Crippen molar-refractivity contribution >= 4 is 16.9 Å². The van der Waals surface area contributed by atoms with Crippen LogP contribution in [-0.4, -0.2) is 24.0 Å². The van der Waals surface area contributed by atoms with Crippen LogP contribution in [0.5, 0.6) is 0 Å². The fraction of sp³-hybridized carbons (Fsp3) is 0.238. The smallest absolute Gasteiger partial charge is 0.191 e. The molecule has 6 heteroatoms. The lowest BCUT2D eigenvalue weighted by molar-refractivity contribution is 0.610. The Labute approximate surface area is 157 Å². The minimum Gasteiger partial charge on any atom is -0.361 e. The van der Waals surface area contributed by atoms with Gasteiger partial charge in [0.15, 0.2) is 5.96 Å². The van der Waals surface area contributed by atoms with E-state index in [9.17, 15) is 4.39 Å². The first-order valence-corrected chi connectivity index (χ1v) is 8.97. The average molecular weight is 363 g/mol. The van der Waals surface area contributed by atoms with Crippen molar-refractivity contribution in [3.63, 3.8) is 0 Å². The number of H-pyrrole nitrogens is 1. The molecule has 0 amide bonds. The fourth-order valence-electron chi connectivity index (χ4n) is 2.93. The number of hydrogen-bond acceptors (Lipinski definition) is 2. The SMILES string of the molecule is CCNC(=NCc1cc(C#N)ccc1F)NCCc1c[nH]c2ccccc12. The highest BCUT2D eigenvalue weighted by Gasteiger charge is 2.06. The van der Waals surface area contributed by atoms with Crippen molar-refractivity contribution in [3.8, 4) is 6.07 Å². The number of fused-ring (bicyclic) bond motifs is 1. The Morgan fingerprint density at radius 2 is 2.04 bits per heavy atom. The van der Waals surface area contributed by atoms with Gasteiger partial charge >= 0.3 is 0 Å². The van der Waals surface area contributed by atoms with E-state index in [0.717, 1.165) is 11.9 Å². The van der Waals surface area contributed by atoms with Crippen molar-refractivity contribution < 1.29 is 4.39 Å². The Balaban J connectivity index is 1.63. The van der Waals surface area contributed by atoms with Crippen molar-refractivity contribution in [3.05, 3.63) is 71.2 Å². The highest BCUT2D eigenvalue weighted by Crippen LogP contribution is 2.17. The van der Waals surface area contributed by atoms with Gasteiger partial charge in [-0.3, -0.25) is 0 Å². The van der Waals surface area contributed by atoms with E-state index in [1.165, 1.54) is 29.1 Å². The third kappa shape index (κ3) is 4.64. The van der Waals surface area contributed by atoms with Crippen LogP contribution in [0, 0.1) is 17.1 Å². The Hall–Kier alpha value is -3.33. The van der Waals surface area contributed by atoms with Gasteiger partial charge in [0.05, 0.1) is 18.2 Å². The average Bonchev–Trinajstić information content (AvgIpc) is 3.10. The lowest BCUT2D eigenvalue weighted by Crippen LogP contribution is -2.38. The zero-order valence-electron chi connectivity index (χ0n) is 15.2. The first-order chi connectivity index (χ1) is 13.2. The number of aromatic amines is 1. The number of aliphatic imine (C=N–C) groups is 1. The second kappa shape index (κ2) is 8.86. The molecule has 0 aliphatic rings. The number of benzene rings is 2. The molecule has 0 spiro atoms. The Morgan fingerprint density at radius 3 is 2.85 bits per heavy atom. The van der Waals surface area contributed by atoms with E-state index in [1.807, 2.05) is 31.3 Å². The molecule has 0 saturated carbocycles. The molecule has 0 atom stereocenters. The van der Waals surface area contributed by atoms with Gasteiger partial charge < -0.3 is 15.6 Å². The molecule has 1 aromatic heterocycles. The number of halogens is 1. The number of nitrogens with zero attached hydrogens (tertiary/aromatic N) is 2. The maximum absolute atomic E-state index is 13.9. The number of hydrogen-bond donors (Lipinski definition) is 3. The normalized spacial score (nSPS) is 11.4. The number of guanidine groups is 1.